The first-order valence-electron chi connectivity index (χ1n) is 6.25. The van der Waals surface area contributed by atoms with Crippen molar-refractivity contribution in [1.82, 2.24) is 5.32 Å². The number of nitro groups is 1. The first-order valence-corrected chi connectivity index (χ1v) is 7.05. The minimum absolute atomic E-state index is 0.101. The second kappa shape index (κ2) is 5.88. The summed E-state index contributed by atoms with van der Waals surface area (Å²) in [5.74, 6) is -0.315. The van der Waals surface area contributed by atoms with Gasteiger partial charge in [-0.25, -0.2) is 0 Å². The highest BCUT2D eigenvalue weighted by atomic mass is 79.9. The van der Waals surface area contributed by atoms with Crippen molar-refractivity contribution >= 4 is 27.5 Å². The SMILES string of the molecule is CC1(NC(=O)c2cc([N+](=O)[O-])ccc2Br)CCOCC1. The first-order chi connectivity index (χ1) is 9.41. The lowest BCUT2D eigenvalue weighted by molar-refractivity contribution is -0.384. The molecule has 0 spiro atoms. The zero-order valence-corrected chi connectivity index (χ0v) is 12.6. The van der Waals surface area contributed by atoms with Crippen molar-refractivity contribution in [3.8, 4) is 0 Å². The van der Waals surface area contributed by atoms with Crippen LogP contribution in [0.2, 0.25) is 0 Å². The summed E-state index contributed by atoms with van der Waals surface area (Å²) in [5.41, 5.74) is -0.165. The smallest absolute Gasteiger partial charge is 0.270 e. The lowest BCUT2D eigenvalue weighted by Crippen LogP contribution is -2.49. The molecule has 0 atom stereocenters. The van der Waals surface area contributed by atoms with Crippen molar-refractivity contribution in [1.29, 1.82) is 0 Å². The maximum absolute atomic E-state index is 12.3. The van der Waals surface area contributed by atoms with Crippen molar-refractivity contribution in [2.45, 2.75) is 25.3 Å². The molecule has 0 saturated carbocycles. The summed E-state index contributed by atoms with van der Waals surface area (Å²) in [6.07, 6.45) is 1.45. The van der Waals surface area contributed by atoms with E-state index in [2.05, 4.69) is 21.2 Å². The number of ether oxygens (including phenoxy) is 1. The van der Waals surface area contributed by atoms with Gasteiger partial charge >= 0.3 is 0 Å². The molecule has 1 aromatic carbocycles. The maximum atomic E-state index is 12.3. The molecule has 1 saturated heterocycles. The van der Waals surface area contributed by atoms with E-state index >= 15 is 0 Å². The van der Waals surface area contributed by atoms with Crippen molar-refractivity contribution in [3.05, 3.63) is 38.3 Å². The second-order valence-electron chi connectivity index (χ2n) is 5.05. The Hall–Kier alpha value is -1.47. The Morgan fingerprint density at radius 1 is 1.45 bits per heavy atom. The Balaban J connectivity index is 2.20. The average molecular weight is 343 g/mol. The molecule has 1 heterocycles. The Morgan fingerprint density at radius 3 is 2.70 bits per heavy atom. The lowest BCUT2D eigenvalue weighted by Gasteiger charge is -2.34. The molecule has 0 aromatic heterocycles. The van der Waals surface area contributed by atoms with Crippen LogP contribution in [0.4, 0.5) is 5.69 Å². The van der Waals surface area contributed by atoms with Crippen molar-refractivity contribution in [2.24, 2.45) is 0 Å². The van der Waals surface area contributed by atoms with Gasteiger partial charge in [0.25, 0.3) is 11.6 Å². The number of carbonyl (C=O) groups is 1. The normalized spacial score (nSPS) is 17.5. The number of hydrogen-bond acceptors (Lipinski definition) is 4. The predicted octanol–water partition coefficient (Wildman–Crippen LogP) is 2.66. The number of nitrogens with one attached hydrogen (secondary N) is 1. The second-order valence-corrected chi connectivity index (χ2v) is 5.90. The maximum Gasteiger partial charge on any atom is 0.270 e. The van der Waals surface area contributed by atoms with Gasteiger partial charge in [-0.1, -0.05) is 0 Å². The van der Waals surface area contributed by atoms with Gasteiger partial charge < -0.3 is 10.1 Å². The summed E-state index contributed by atoms with van der Waals surface area (Å²) in [6.45, 7) is 3.17. The molecule has 0 bridgehead atoms. The van der Waals surface area contributed by atoms with Crippen LogP contribution in [0.15, 0.2) is 22.7 Å². The molecular weight excluding hydrogens is 328 g/mol. The average Bonchev–Trinajstić information content (AvgIpc) is 2.39. The third-order valence-electron chi connectivity index (χ3n) is 3.42. The molecule has 1 aromatic rings. The summed E-state index contributed by atoms with van der Waals surface area (Å²) in [5, 5.41) is 13.7. The number of carbonyl (C=O) groups excluding carboxylic acids is 1. The van der Waals surface area contributed by atoms with Gasteiger partial charge in [-0.2, -0.15) is 0 Å². The highest BCUT2D eigenvalue weighted by Gasteiger charge is 2.30. The van der Waals surface area contributed by atoms with Crippen LogP contribution in [-0.2, 0) is 4.74 Å². The van der Waals surface area contributed by atoms with Gasteiger partial charge in [-0.15, -0.1) is 0 Å². The van der Waals surface area contributed by atoms with E-state index in [1.807, 2.05) is 6.92 Å². The minimum atomic E-state index is -0.515. The number of nitro benzene ring substituents is 1. The number of amides is 1. The molecule has 0 unspecified atom stereocenters. The van der Waals surface area contributed by atoms with Gasteiger partial charge in [-0.05, 0) is 41.8 Å². The van der Waals surface area contributed by atoms with Crippen LogP contribution in [0.25, 0.3) is 0 Å². The molecule has 1 aliphatic rings. The van der Waals surface area contributed by atoms with Crippen LogP contribution in [0.3, 0.4) is 0 Å². The topological polar surface area (TPSA) is 81.5 Å². The molecule has 0 aliphatic carbocycles. The summed E-state index contributed by atoms with van der Waals surface area (Å²) in [6, 6.07) is 4.15. The van der Waals surface area contributed by atoms with E-state index in [1.165, 1.54) is 18.2 Å². The molecular formula is C13H15BrN2O4. The number of non-ortho nitro benzene ring substituents is 1. The van der Waals surface area contributed by atoms with Crippen LogP contribution in [0.5, 0.6) is 0 Å². The third kappa shape index (κ3) is 3.34. The highest BCUT2D eigenvalue weighted by molar-refractivity contribution is 9.10. The van der Waals surface area contributed by atoms with Crippen LogP contribution < -0.4 is 5.32 Å². The largest absolute Gasteiger partial charge is 0.381 e. The lowest BCUT2D eigenvalue weighted by atomic mass is 9.92. The Bertz CT molecular complexity index is 541. The molecule has 0 radical (unpaired) electrons. The standard InChI is InChI=1S/C13H15BrN2O4/c1-13(4-6-20-7-5-13)15-12(17)10-8-9(16(18)19)2-3-11(10)14/h2-3,8H,4-7H2,1H3,(H,15,17). The molecule has 1 fully saturated rings. The molecule has 1 N–H and O–H groups in total. The fourth-order valence-electron chi connectivity index (χ4n) is 2.09. The molecule has 1 aliphatic heterocycles. The molecule has 2 rings (SSSR count). The van der Waals surface area contributed by atoms with Crippen LogP contribution in [0, 0.1) is 10.1 Å². The number of halogens is 1. The van der Waals surface area contributed by atoms with E-state index < -0.39 is 4.92 Å². The monoisotopic (exact) mass is 342 g/mol. The summed E-state index contributed by atoms with van der Waals surface area (Å²) in [7, 11) is 0. The minimum Gasteiger partial charge on any atom is -0.381 e. The number of benzene rings is 1. The first kappa shape index (κ1) is 14.9. The Morgan fingerprint density at radius 2 is 2.10 bits per heavy atom. The molecule has 108 valence electrons. The van der Waals surface area contributed by atoms with Crippen molar-refractivity contribution < 1.29 is 14.5 Å². The Labute approximate surface area is 124 Å². The van der Waals surface area contributed by atoms with Gasteiger partial charge in [0.2, 0.25) is 0 Å². The van der Waals surface area contributed by atoms with E-state index in [0.29, 0.717) is 17.7 Å². The van der Waals surface area contributed by atoms with Crippen molar-refractivity contribution in [2.75, 3.05) is 13.2 Å². The number of rotatable bonds is 3. The van der Waals surface area contributed by atoms with E-state index in [4.69, 9.17) is 4.74 Å². The van der Waals surface area contributed by atoms with Gasteiger partial charge in [0.1, 0.15) is 0 Å². The molecule has 6 nitrogen and oxygen atoms in total. The zero-order chi connectivity index (χ0) is 14.8. The number of nitrogens with zero attached hydrogens (tertiary/aromatic N) is 1. The van der Waals surface area contributed by atoms with Crippen molar-refractivity contribution in [3.63, 3.8) is 0 Å². The highest BCUT2D eigenvalue weighted by Crippen LogP contribution is 2.25. The Kier molecular flexibility index (Phi) is 4.39. The fourth-order valence-corrected chi connectivity index (χ4v) is 2.52. The van der Waals surface area contributed by atoms with E-state index in [0.717, 1.165) is 12.8 Å². The number of hydrogen-bond donors (Lipinski definition) is 1. The van der Waals surface area contributed by atoms with Crippen LogP contribution in [-0.4, -0.2) is 29.6 Å². The van der Waals surface area contributed by atoms with Crippen LogP contribution >= 0.6 is 15.9 Å². The van der Waals surface area contributed by atoms with E-state index in [9.17, 15) is 14.9 Å². The molecule has 20 heavy (non-hydrogen) atoms. The van der Waals surface area contributed by atoms with E-state index in [-0.39, 0.29) is 22.7 Å². The van der Waals surface area contributed by atoms with Gasteiger partial charge in [0.15, 0.2) is 0 Å². The summed E-state index contributed by atoms with van der Waals surface area (Å²) >= 11 is 3.25. The predicted molar refractivity (Wildman–Crippen MR) is 76.7 cm³/mol. The van der Waals surface area contributed by atoms with Crippen LogP contribution in [0.1, 0.15) is 30.1 Å². The third-order valence-corrected chi connectivity index (χ3v) is 4.11. The quantitative estimate of drug-likeness (QED) is 0.676. The van der Waals surface area contributed by atoms with Gasteiger partial charge in [0.05, 0.1) is 10.5 Å². The molecule has 7 heteroatoms. The zero-order valence-electron chi connectivity index (χ0n) is 11.0. The fraction of sp³-hybridized carbons (Fsp3) is 0.462. The van der Waals surface area contributed by atoms with Gasteiger partial charge in [0, 0.05) is 35.4 Å². The van der Waals surface area contributed by atoms with E-state index in [1.54, 1.807) is 0 Å². The summed E-state index contributed by atoms with van der Waals surface area (Å²) < 4.78 is 5.81. The summed E-state index contributed by atoms with van der Waals surface area (Å²) in [4.78, 5) is 22.6. The van der Waals surface area contributed by atoms with Gasteiger partial charge in [-0.3, -0.25) is 14.9 Å². The molecule has 1 amide bonds.